The van der Waals surface area contributed by atoms with Crippen molar-refractivity contribution in [2.24, 2.45) is 5.73 Å². The fourth-order valence-corrected chi connectivity index (χ4v) is 6.76. The molecule has 0 aliphatic rings. The molecule has 0 aromatic heterocycles. The van der Waals surface area contributed by atoms with Crippen molar-refractivity contribution in [2.45, 2.75) is 29.0 Å². The van der Waals surface area contributed by atoms with E-state index in [1.807, 2.05) is 0 Å². The monoisotopic (exact) mass is 415 g/mol. The van der Waals surface area contributed by atoms with Gasteiger partial charge in [-0.25, -0.2) is 16.8 Å². The smallest absolute Gasteiger partial charge is 0.283 e. The molecule has 2 aromatic carbocycles. The van der Waals surface area contributed by atoms with E-state index in [0.29, 0.717) is 5.56 Å². The highest BCUT2D eigenvalue weighted by atomic mass is 35.5. The van der Waals surface area contributed by atoms with Crippen LogP contribution in [0.4, 0.5) is 0 Å². The number of carbonyl (C=O) groups excluding carboxylic acids is 1. The van der Waals surface area contributed by atoms with Gasteiger partial charge in [0.15, 0.2) is 5.78 Å². The highest BCUT2D eigenvalue weighted by molar-refractivity contribution is 8.67. The maximum absolute atomic E-state index is 12.4. The third-order valence-corrected chi connectivity index (χ3v) is 10.2. The van der Waals surface area contributed by atoms with Crippen LogP contribution in [0.3, 0.4) is 0 Å². The van der Waals surface area contributed by atoms with Gasteiger partial charge in [0.05, 0.1) is 10.9 Å². The van der Waals surface area contributed by atoms with Gasteiger partial charge in [0, 0.05) is 0 Å². The van der Waals surface area contributed by atoms with Crippen molar-refractivity contribution in [1.82, 2.24) is 0 Å². The van der Waals surface area contributed by atoms with Crippen LogP contribution in [0.5, 0.6) is 0 Å². The van der Waals surface area contributed by atoms with Crippen LogP contribution < -0.4 is 5.73 Å². The summed E-state index contributed by atoms with van der Waals surface area (Å²) in [5.41, 5.74) is 7.21. The summed E-state index contributed by atoms with van der Waals surface area (Å²) in [4.78, 5) is 11.9. The summed E-state index contributed by atoms with van der Waals surface area (Å²) in [5.74, 6) is -1.06. The van der Waals surface area contributed by atoms with Gasteiger partial charge in [-0.05, 0) is 31.0 Å². The minimum absolute atomic E-state index is 0.0446. The molecule has 9 heteroatoms. The molecular formula is C17H18ClNO5S2. The molecule has 0 bridgehead atoms. The van der Waals surface area contributed by atoms with Crippen molar-refractivity contribution in [2.75, 3.05) is 0 Å². The lowest BCUT2D eigenvalue weighted by atomic mass is 10.0. The van der Waals surface area contributed by atoms with E-state index in [1.165, 1.54) is 12.1 Å². The second kappa shape index (κ2) is 7.87. The van der Waals surface area contributed by atoms with Crippen LogP contribution in [0.2, 0.25) is 0 Å². The van der Waals surface area contributed by atoms with Crippen molar-refractivity contribution >= 4 is 35.1 Å². The number of halogens is 1. The Labute approximate surface area is 157 Å². The summed E-state index contributed by atoms with van der Waals surface area (Å²) in [6.07, 6.45) is 0.0446. The Balaban J connectivity index is 2.27. The molecule has 0 saturated heterocycles. The predicted octanol–water partition coefficient (Wildman–Crippen LogP) is 1.80. The lowest BCUT2D eigenvalue weighted by Gasteiger charge is -2.16. The summed E-state index contributed by atoms with van der Waals surface area (Å²) in [5, 5.41) is 0. The minimum Gasteiger partial charge on any atom is -0.321 e. The van der Waals surface area contributed by atoms with Gasteiger partial charge in [-0.3, -0.25) is 4.79 Å². The zero-order chi connectivity index (χ0) is 19.5. The van der Waals surface area contributed by atoms with Gasteiger partial charge in [-0.2, -0.15) is 0 Å². The van der Waals surface area contributed by atoms with Gasteiger partial charge >= 0.3 is 0 Å². The molecule has 0 aliphatic carbocycles. The zero-order valence-corrected chi connectivity index (χ0v) is 16.3. The van der Waals surface area contributed by atoms with E-state index < -0.39 is 39.2 Å². The Hall–Kier alpha value is -1.74. The summed E-state index contributed by atoms with van der Waals surface area (Å²) in [6, 6.07) is 12.7. The van der Waals surface area contributed by atoms with Crippen molar-refractivity contribution in [3.63, 3.8) is 0 Å². The van der Waals surface area contributed by atoms with Crippen LogP contribution in [-0.2, 0) is 29.0 Å². The van der Waals surface area contributed by atoms with E-state index in [1.54, 1.807) is 37.3 Å². The first kappa shape index (κ1) is 20.6. The predicted molar refractivity (Wildman–Crippen MR) is 100 cm³/mol. The van der Waals surface area contributed by atoms with E-state index in [2.05, 4.69) is 0 Å². The molecule has 0 aliphatic heterocycles. The lowest BCUT2D eigenvalue weighted by Crippen LogP contribution is -2.43. The number of hydrogen-bond acceptors (Lipinski definition) is 6. The third-order valence-electron chi connectivity index (χ3n) is 3.76. The van der Waals surface area contributed by atoms with Crippen LogP contribution in [0, 0.1) is 6.92 Å². The maximum Gasteiger partial charge on any atom is 0.283 e. The number of ketones is 1. The van der Waals surface area contributed by atoms with E-state index in [4.69, 9.17) is 17.3 Å². The topological polar surface area (TPSA) is 111 Å². The number of nitrogens with two attached hydrogens (primary N) is 1. The fraction of sp³-hybridized carbons (Fsp3) is 0.235. The van der Waals surface area contributed by atoms with Crippen LogP contribution >= 0.6 is 11.6 Å². The van der Waals surface area contributed by atoms with E-state index >= 15 is 0 Å². The van der Waals surface area contributed by atoms with Crippen LogP contribution in [-0.4, -0.2) is 33.4 Å². The van der Waals surface area contributed by atoms with E-state index in [-0.39, 0.29) is 6.42 Å². The number of Topliss-reactive ketones (excluding diaryl/α,β-unsaturated/α-hetero) is 1. The number of carbonyl (C=O) groups is 1. The normalized spacial score (nSPS) is 14.6. The second-order valence-electron chi connectivity index (χ2n) is 5.77. The second-order valence-corrected chi connectivity index (χ2v) is 12.0. The molecule has 0 amide bonds. The van der Waals surface area contributed by atoms with E-state index in [9.17, 15) is 21.6 Å². The standard InChI is InChI=1S/C17H18ClNO5S2/c1-12-7-9-14(10-8-12)25(21,22)26(23,24)17(18)16(20)15(19)11-13-5-3-2-4-6-13/h2-10,15,17H,11,19H2,1H3/t15-,17?/m0/s1. The van der Waals surface area contributed by atoms with Gasteiger partial charge in [-0.1, -0.05) is 59.6 Å². The average Bonchev–Trinajstić information content (AvgIpc) is 2.61. The molecule has 0 spiro atoms. The number of benzene rings is 2. The quantitative estimate of drug-likeness (QED) is 0.545. The van der Waals surface area contributed by atoms with Gasteiger partial charge in [0.25, 0.3) is 17.7 Å². The molecule has 140 valence electrons. The first-order valence-electron chi connectivity index (χ1n) is 7.60. The van der Waals surface area contributed by atoms with E-state index in [0.717, 1.165) is 17.7 Å². The molecule has 2 atom stereocenters. The first-order valence-corrected chi connectivity index (χ1v) is 11.6. The molecule has 1 unspecified atom stereocenters. The van der Waals surface area contributed by atoms with Gasteiger partial charge < -0.3 is 5.73 Å². The van der Waals surface area contributed by atoms with Crippen molar-refractivity contribution in [3.05, 3.63) is 65.7 Å². The molecule has 2 N–H and O–H groups in total. The summed E-state index contributed by atoms with van der Waals surface area (Å²) in [6.45, 7) is 1.72. The molecule has 6 nitrogen and oxygen atoms in total. The SMILES string of the molecule is Cc1ccc(S(=O)(=O)S(=O)(=O)C(Cl)C(=O)[C@@H](N)Cc2ccccc2)cc1. The van der Waals surface area contributed by atoms with Gasteiger partial charge in [-0.15, -0.1) is 0 Å². The molecular weight excluding hydrogens is 398 g/mol. The molecule has 0 saturated carbocycles. The summed E-state index contributed by atoms with van der Waals surface area (Å²) < 4.78 is 47.4. The summed E-state index contributed by atoms with van der Waals surface area (Å²) in [7, 11) is -9.87. The molecule has 0 heterocycles. The largest absolute Gasteiger partial charge is 0.321 e. The first-order chi connectivity index (χ1) is 12.1. The molecule has 2 rings (SSSR count). The van der Waals surface area contributed by atoms with Crippen molar-refractivity contribution in [3.8, 4) is 0 Å². The molecule has 0 fully saturated rings. The van der Waals surface area contributed by atoms with Crippen molar-refractivity contribution in [1.29, 1.82) is 0 Å². The van der Waals surface area contributed by atoms with Crippen LogP contribution in [0.1, 0.15) is 11.1 Å². The fourth-order valence-electron chi connectivity index (χ4n) is 2.23. The van der Waals surface area contributed by atoms with Crippen LogP contribution in [0.15, 0.2) is 59.5 Å². The molecule has 0 radical (unpaired) electrons. The molecule has 2 aromatic rings. The van der Waals surface area contributed by atoms with Crippen LogP contribution in [0.25, 0.3) is 0 Å². The number of alkyl halides is 1. The Kier molecular flexibility index (Phi) is 6.23. The van der Waals surface area contributed by atoms with Gasteiger partial charge in [0.1, 0.15) is 0 Å². The van der Waals surface area contributed by atoms with Crippen molar-refractivity contribution < 1.29 is 21.6 Å². The number of rotatable bonds is 7. The van der Waals surface area contributed by atoms with Gasteiger partial charge in [0.2, 0.25) is 4.71 Å². The maximum atomic E-state index is 12.4. The summed E-state index contributed by atoms with van der Waals surface area (Å²) >= 11 is 5.75. The number of aryl methyl sites for hydroxylation is 1. The third kappa shape index (κ3) is 4.15. The zero-order valence-electron chi connectivity index (χ0n) is 13.9. The minimum atomic E-state index is -5.03. The highest BCUT2D eigenvalue weighted by Gasteiger charge is 2.44. The Morgan fingerprint density at radius 3 is 2.08 bits per heavy atom. The Bertz CT molecular complexity index is 987. The highest BCUT2D eigenvalue weighted by Crippen LogP contribution is 2.25. The molecule has 26 heavy (non-hydrogen) atoms. The Morgan fingerprint density at radius 2 is 1.54 bits per heavy atom. The number of hydrogen-bond donors (Lipinski definition) is 1. The lowest BCUT2D eigenvalue weighted by molar-refractivity contribution is -0.118. The average molecular weight is 416 g/mol. The Morgan fingerprint density at radius 1 is 1.00 bits per heavy atom.